The number of aliphatic hydroxyl groups is 1. The first-order valence-corrected chi connectivity index (χ1v) is 6.94. The molecule has 2 rings (SSSR count). The summed E-state index contributed by atoms with van der Waals surface area (Å²) in [5.41, 5.74) is 2.10. The molecule has 108 valence electrons. The third kappa shape index (κ3) is 4.62. The predicted molar refractivity (Wildman–Crippen MR) is 83.0 cm³/mol. The van der Waals surface area contributed by atoms with Gasteiger partial charge in [0.05, 0.1) is 23.8 Å². The normalized spacial score (nSPS) is 11.0. The topological polar surface area (TPSA) is 53.2 Å². The molecule has 1 N–H and O–H groups in total. The number of nitriles is 1. The van der Waals surface area contributed by atoms with Crippen LogP contribution in [0, 0.1) is 11.3 Å². The maximum atomic E-state index is 9.63. The summed E-state index contributed by atoms with van der Waals surface area (Å²) in [6, 6.07) is 17.4. The lowest BCUT2D eigenvalue weighted by atomic mass is 10.0. The second-order valence-electron chi connectivity index (χ2n) is 5.62. The van der Waals surface area contributed by atoms with Crippen molar-refractivity contribution in [2.75, 3.05) is 6.61 Å². The summed E-state index contributed by atoms with van der Waals surface area (Å²) < 4.78 is 5.61. The van der Waals surface area contributed by atoms with Gasteiger partial charge in [0.15, 0.2) is 0 Å². The van der Waals surface area contributed by atoms with E-state index in [0.717, 1.165) is 16.9 Å². The molecule has 0 unspecified atom stereocenters. The summed E-state index contributed by atoms with van der Waals surface area (Å²) in [7, 11) is 0. The average Bonchev–Trinajstić information content (AvgIpc) is 2.47. The molecule has 0 heterocycles. The molecule has 0 spiro atoms. The van der Waals surface area contributed by atoms with Crippen molar-refractivity contribution in [3.8, 4) is 22.9 Å². The first kappa shape index (κ1) is 15.1. The van der Waals surface area contributed by atoms with Gasteiger partial charge in [-0.3, -0.25) is 0 Å². The van der Waals surface area contributed by atoms with E-state index in [-0.39, 0.29) is 0 Å². The SMILES string of the molecule is CC(C)(O)CCOc1ccc(-c2ccc(C#N)cc2)cc1. The molecule has 0 bridgehead atoms. The highest BCUT2D eigenvalue weighted by molar-refractivity contribution is 5.64. The van der Waals surface area contributed by atoms with Crippen molar-refractivity contribution in [1.82, 2.24) is 0 Å². The Bertz CT molecular complexity index is 616. The number of hydrogen-bond donors (Lipinski definition) is 1. The maximum Gasteiger partial charge on any atom is 0.119 e. The van der Waals surface area contributed by atoms with E-state index in [0.29, 0.717) is 18.6 Å². The standard InChI is InChI=1S/C18H19NO2/c1-18(2,20)11-12-21-17-9-7-16(8-10-17)15-5-3-14(13-19)4-6-15/h3-10,20H,11-12H2,1-2H3. The number of ether oxygens (including phenoxy) is 1. The van der Waals surface area contributed by atoms with E-state index >= 15 is 0 Å². The van der Waals surface area contributed by atoms with Crippen LogP contribution in [0.15, 0.2) is 48.5 Å². The van der Waals surface area contributed by atoms with Crippen LogP contribution in [0.4, 0.5) is 0 Å². The molecule has 0 aliphatic rings. The molecule has 0 radical (unpaired) electrons. The van der Waals surface area contributed by atoms with E-state index in [1.165, 1.54) is 0 Å². The summed E-state index contributed by atoms with van der Waals surface area (Å²) >= 11 is 0. The van der Waals surface area contributed by atoms with E-state index in [2.05, 4.69) is 6.07 Å². The molecule has 0 fully saturated rings. The fourth-order valence-corrected chi connectivity index (χ4v) is 1.90. The molecule has 0 atom stereocenters. The van der Waals surface area contributed by atoms with Gasteiger partial charge in [-0.1, -0.05) is 24.3 Å². The van der Waals surface area contributed by atoms with Crippen LogP contribution in [0.5, 0.6) is 5.75 Å². The van der Waals surface area contributed by atoms with Crippen molar-refractivity contribution in [2.45, 2.75) is 25.9 Å². The van der Waals surface area contributed by atoms with Crippen molar-refractivity contribution < 1.29 is 9.84 Å². The summed E-state index contributed by atoms with van der Waals surface area (Å²) in [6.07, 6.45) is 0.588. The third-order valence-electron chi connectivity index (χ3n) is 3.18. The van der Waals surface area contributed by atoms with Gasteiger partial charge in [-0.15, -0.1) is 0 Å². The number of benzene rings is 2. The van der Waals surface area contributed by atoms with Crippen LogP contribution in [-0.2, 0) is 0 Å². The van der Waals surface area contributed by atoms with E-state index in [9.17, 15) is 5.11 Å². The molecule has 0 amide bonds. The zero-order chi connectivity index (χ0) is 15.3. The first-order chi connectivity index (χ1) is 9.98. The van der Waals surface area contributed by atoms with Crippen LogP contribution in [0.25, 0.3) is 11.1 Å². The summed E-state index contributed by atoms with van der Waals surface area (Å²) in [5.74, 6) is 0.789. The Morgan fingerprint density at radius 2 is 1.52 bits per heavy atom. The second-order valence-corrected chi connectivity index (χ2v) is 5.62. The number of rotatable bonds is 5. The Balaban J connectivity index is 2.00. The van der Waals surface area contributed by atoms with Crippen LogP contribution in [-0.4, -0.2) is 17.3 Å². The van der Waals surface area contributed by atoms with Gasteiger partial charge in [-0.05, 0) is 49.2 Å². The largest absolute Gasteiger partial charge is 0.493 e. The highest BCUT2D eigenvalue weighted by Gasteiger charge is 2.12. The van der Waals surface area contributed by atoms with Crippen molar-refractivity contribution in [3.63, 3.8) is 0 Å². The average molecular weight is 281 g/mol. The predicted octanol–water partition coefficient (Wildman–Crippen LogP) is 3.77. The Labute approximate surface area is 125 Å². The zero-order valence-corrected chi connectivity index (χ0v) is 12.3. The minimum Gasteiger partial charge on any atom is -0.493 e. The maximum absolute atomic E-state index is 9.63. The first-order valence-electron chi connectivity index (χ1n) is 6.94. The van der Waals surface area contributed by atoms with E-state index < -0.39 is 5.60 Å². The summed E-state index contributed by atoms with van der Waals surface area (Å²) in [4.78, 5) is 0. The van der Waals surface area contributed by atoms with Gasteiger partial charge in [-0.25, -0.2) is 0 Å². The molecule has 0 saturated heterocycles. The highest BCUT2D eigenvalue weighted by Crippen LogP contribution is 2.23. The molecule has 3 nitrogen and oxygen atoms in total. The van der Waals surface area contributed by atoms with Gasteiger partial charge in [-0.2, -0.15) is 5.26 Å². The van der Waals surface area contributed by atoms with Gasteiger partial charge < -0.3 is 9.84 Å². The molecule has 0 aliphatic carbocycles. The van der Waals surface area contributed by atoms with Crippen LogP contribution >= 0.6 is 0 Å². The molecular formula is C18H19NO2. The van der Waals surface area contributed by atoms with E-state index in [1.807, 2.05) is 48.5 Å². The number of nitrogens with zero attached hydrogens (tertiary/aromatic N) is 1. The second kappa shape index (κ2) is 6.43. The van der Waals surface area contributed by atoms with Gasteiger partial charge in [0, 0.05) is 6.42 Å². The van der Waals surface area contributed by atoms with E-state index in [1.54, 1.807) is 13.8 Å². The molecule has 2 aromatic rings. The summed E-state index contributed by atoms with van der Waals surface area (Å²) in [6.45, 7) is 4.02. The quantitative estimate of drug-likeness (QED) is 0.907. The Hall–Kier alpha value is -2.31. The minimum atomic E-state index is -0.706. The lowest BCUT2D eigenvalue weighted by Crippen LogP contribution is -2.21. The van der Waals surface area contributed by atoms with Crippen LogP contribution in [0.2, 0.25) is 0 Å². The van der Waals surface area contributed by atoms with Crippen molar-refractivity contribution in [1.29, 1.82) is 5.26 Å². The smallest absolute Gasteiger partial charge is 0.119 e. The molecule has 3 heteroatoms. The third-order valence-corrected chi connectivity index (χ3v) is 3.18. The lowest BCUT2D eigenvalue weighted by Gasteiger charge is -2.17. The Kier molecular flexibility index (Phi) is 4.62. The fourth-order valence-electron chi connectivity index (χ4n) is 1.90. The van der Waals surface area contributed by atoms with Crippen LogP contribution in [0.3, 0.4) is 0 Å². The monoisotopic (exact) mass is 281 g/mol. The summed E-state index contributed by atoms with van der Waals surface area (Å²) in [5, 5.41) is 18.4. The molecule has 0 aromatic heterocycles. The highest BCUT2D eigenvalue weighted by atomic mass is 16.5. The Morgan fingerprint density at radius 1 is 1.00 bits per heavy atom. The molecule has 2 aromatic carbocycles. The lowest BCUT2D eigenvalue weighted by molar-refractivity contribution is 0.0553. The van der Waals surface area contributed by atoms with Crippen molar-refractivity contribution in [3.05, 3.63) is 54.1 Å². The number of hydrogen-bond acceptors (Lipinski definition) is 3. The van der Waals surface area contributed by atoms with Crippen molar-refractivity contribution >= 4 is 0 Å². The molecule has 21 heavy (non-hydrogen) atoms. The van der Waals surface area contributed by atoms with Gasteiger partial charge in [0.1, 0.15) is 5.75 Å². The molecule has 0 saturated carbocycles. The van der Waals surface area contributed by atoms with Gasteiger partial charge >= 0.3 is 0 Å². The molecular weight excluding hydrogens is 262 g/mol. The van der Waals surface area contributed by atoms with Crippen LogP contribution < -0.4 is 4.74 Å². The van der Waals surface area contributed by atoms with Crippen molar-refractivity contribution in [2.24, 2.45) is 0 Å². The fraction of sp³-hybridized carbons (Fsp3) is 0.278. The molecule has 0 aliphatic heterocycles. The van der Waals surface area contributed by atoms with Gasteiger partial charge in [0.2, 0.25) is 0 Å². The van der Waals surface area contributed by atoms with Gasteiger partial charge in [0.25, 0.3) is 0 Å². The van der Waals surface area contributed by atoms with Crippen LogP contribution in [0.1, 0.15) is 25.8 Å². The van der Waals surface area contributed by atoms with E-state index in [4.69, 9.17) is 10.00 Å². The zero-order valence-electron chi connectivity index (χ0n) is 12.3. The Morgan fingerprint density at radius 3 is 2.00 bits per heavy atom. The minimum absolute atomic E-state index is 0.486.